The third kappa shape index (κ3) is 5.85. The zero-order valence-electron chi connectivity index (χ0n) is 25.3. The third-order valence-electron chi connectivity index (χ3n) is 8.18. The Morgan fingerprint density at radius 3 is 2.25 bits per heavy atom. The molecule has 1 aromatic rings. The number of nitrogens with zero attached hydrogens (tertiary/aromatic N) is 3. The first-order valence-electron chi connectivity index (χ1n) is 14.1. The normalized spacial score (nSPS) is 21.8. The van der Waals surface area contributed by atoms with Crippen LogP contribution in [0.1, 0.15) is 96.7 Å². The number of methoxy groups -OCH3 is 1. The molecule has 0 bridgehead atoms. The van der Waals surface area contributed by atoms with Crippen molar-refractivity contribution in [2.45, 2.75) is 87.5 Å². The van der Waals surface area contributed by atoms with Gasteiger partial charge in [0.15, 0.2) is 0 Å². The number of hydrogen-bond donors (Lipinski definition) is 1. The molecule has 0 saturated heterocycles. The summed E-state index contributed by atoms with van der Waals surface area (Å²) in [6.07, 6.45) is 10.1. The Hall–Kier alpha value is -3.06. The maximum absolute atomic E-state index is 12.1. The van der Waals surface area contributed by atoms with E-state index in [1.54, 1.807) is 0 Å². The molecule has 3 aliphatic heterocycles. The number of H-pyrrole nitrogens is 1. The van der Waals surface area contributed by atoms with Gasteiger partial charge in [0.1, 0.15) is 4.62 Å². The van der Waals surface area contributed by atoms with E-state index >= 15 is 0 Å². The highest BCUT2D eigenvalue weighted by atomic mass is 79.9. The van der Waals surface area contributed by atoms with Gasteiger partial charge in [0.2, 0.25) is 0 Å². The van der Waals surface area contributed by atoms with Gasteiger partial charge in [-0.15, -0.1) is 0 Å². The summed E-state index contributed by atoms with van der Waals surface area (Å²) in [5.74, 6) is -0.226. The van der Waals surface area contributed by atoms with Crippen molar-refractivity contribution in [2.24, 2.45) is 20.4 Å². The molecule has 0 spiro atoms. The number of halogens is 1. The maximum Gasteiger partial charge on any atom is 0.305 e. The highest BCUT2D eigenvalue weighted by Gasteiger charge is 2.30. The molecule has 0 saturated carbocycles. The standard InChI is InChI=1S/C33H41BrN4O2/c1-10-22-19(4)25(37-29(22)16-30-33(7,8)17-18(3)35-30)15-28-24(12-13-31(39)40-9)20(5)26(36-28)14-27-23(11-2)21(6)32(34)38-27/h14-16,37H,10-13,17H2,1-9H3/b27-14-,28-15-,30-16-. The second-order valence-electron chi connectivity index (χ2n) is 11.4. The van der Waals surface area contributed by atoms with Crippen LogP contribution in [0.5, 0.6) is 0 Å². The van der Waals surface area contributed by atoms with Crippen LogP contribution in [-0.4, -0.2) is 34.1 Å². The zero-order valence-corrected chi connectivity index (χ0v) is 26.9. The minimum atomic E-state index is -0.226. The summed E-state index contributed by atoms with van der Waals surface area (Å²) in [5.41, 5.74) is 14.1. The Balaban J connectivity index is 1.80. The third-order valence-corrected chi connectivity index (χ3v) is 8.95. The summed E-state index contributed by atoms with van der Waals surface area (Å²) >= 11 is 3.59. The highest BCUT2D eigenvalue weighted by Crippen LogP contribution is 2.40. The fraction of sp³-hybridized carbons (Fsp3) is 0.455. The molecule has 6 nitrogen and oxygen atoms in total. The van der Waals surface area contributed by atoms with Crippen molar-refractivity contribution in [3.63, 3.8) is 0 Å². The number of rotatable bonds is 8. The molecule has 212 valence electrons. The van der Waals surface area contributed by atoms with Gasteiger partial charge in [-0.2, -0.15) is 0 Å². The van der Waals surface area contributed by atoms with Gasteiger partial charge < -0.3 is 9.72 Å². The molecule has 3 aliphatic rings. The summed E-state index contributed by atoms with van der Waals surface area (Å²) in [7, 11) is 1.43. The van der Waals surface area contributed by atoms with Crippen LogP contribution < -0.4 is 0 Å². The van der Waals surface area contributed by atoms with Crippen molar-refractivity contribution in [1.29, 1.82) is 0 Å². The largest absolute Gasteiger partial charge is 0.469 e. The van der Waals surface area contributed by atoms with Crippen LogP contribution >= 0.6 is 15.9 Å². The van der Waals surface area contributed by atoms with Crippen molar-refractivity contribution in [2.75, 3.05) is 7.11 Å². The molecule has 4 rings (SSSR count). The number of aromatic nitrogens is 1. The van der Waals surface area contributed by atoms with Crippen LogP contribution in [0.15, 0.2) is 60.4 Å². The zero-order chi connectivity index (χ0) is 29.4. The Morgan fingerprint density at radius 1 is 0.950 bits per heavy atom. The van der Waals surface area contributed by atoms with Crippen molar-refractivity contribution in [3.05, 3.63) is 68.0 Å². The molecular weight excluding hydrogens is 564 g/mol. The quantitative estimate of drug-likeness (QED) is 0.301. The fourth-order valence-corrected chi connectivity index (χ4v) is 6.26. The Bertz CT molecular complexity index is 1500. The first kappa shape index (κ1) is 29.9. The molecule has 1 aromatic heterocycles. The van der Waals surface area contributed by atoms with Crippen LogP contribution in [0, 0.1) is 12.3 Å². The van der Waals surface area contributed by atoms with E-state index in [4.69, 9.17) is 19.7 Å². The molecule has 40 heavy (non-hydrogen) atoms. The van der Waals surface area contributed by atoms with Gasteiger partial charge in [0.05, 0.1) is 24.2 Å². The number of ether oxygens (including phenoxy) is 1. The van der Waals surface area contributed by atoms with Crippen molar-refractivity contribution in [1.82, 2.24) is 4.98 Å². The lowest BCUT2D eigenvalue weighted by atomic mass is 9.86. The predicted molar refractivity (Wildman–Crippen MR) is 171 cm³/mol. The highest BCUT2D eigenvalue weighted by molar-refractivity contribution is 9.18. The second kappa shape index (κ2) is 11.8. The average molecular weight is 606 g/mol. The van der Waals surface area contributed by atoms with Gasteiger partial charge in [0, 0.05) is 34.6 Å². The smallest absolute Gasteiger partial charge is 0.305 e. The number of carbonyl (C=O) groups is 1. The summed E-state index contributed by atoms with van der Waals surface area (Å²) in [4.78, 5) is 30.4. The van der Waals surface area contributed by atoms with E-state index in [2.05, 4.69) is 94.5 Å². The Morgan fingerprint density at radius 2 is 1.65 bits per heavy atom. The Labute approximate surface area is 247 Å². The minimum Gasteiger partial charge on any atom is -0.469 e. The average Bonchev–Trinajstić information content (AvgIpc) is 3.54. The molecule has 0 radical (unpaired) electrons. The predicted octanol–water partition coefficient (Wildman–Crippen LogP) is 8.60. The maximum atomic E-state index is 12.1. The fourth-order valence-electron chi connectivity index (χ4n) is 5.83. The van der Waals surface area contributed by atoms with E-state index in [1.165, 1.54) is 29.5 Å². The van der Waals surface area contributed by atoms with E-state index in [1.807, 2.05) is 0 Å². The van der Waals surface area contributed by atoms with Crippen molar-refractivity contribution < 1.29 is 9.53 Å². The molecule has 7 heteroatoms. The number of esters is 1. The minimum absolute atomic E-state index is 0.0215. The lowest BCUT2D eigenvalue weighted by Gasteiger charge is -2.17. The molecular formula is C33H41BrN4O2. The van der Waals surface area contributed by atoms with E-state index in [9.17, 15) is 4.79 Å². The molecule has 0 atom stereocenters. The number of aromatic amines is 1. The van der Waals surface area contributed by atoms with Crippen LogP contribution in [-0.2, 0) is 16.0 Å². The molecule has 0 unspecified atom stereocenters. The van der Waals surface area contributed by atoms with Gasteiger partial charge in [-0.3, -0.25) is 9.79 Å². The van der Waals surface area contributed by atoms with Crippen LogP contribution in [0.4, 0.5) is 0 Å². The molecule has 1 N–H and O–H groups in total. The topological polar surface area (TPSA) is 79.2 Å². The summed E-state index contributed by atoms with van der Waals surface area (Å²) in [6, 6.07) is 0. The van der Waals surface area contributed by atoms with Crippen molar-refractivity contribution in [3.8, 4) is 0 Å². The lowest BCUT2D eigenvalue weighted by molar-refractivity contribution is -0.140. The summed E-state index contributed by atoms with van der Waals surface area (Å²) in [5, 5.41) is 0. The number of carbonyl (C=O) groups excluding carboxylic acids is 1. The lowest BCUT2D eigenvalue weighted by Crippen LogP contribution is -2.09. The number of allylic oxidation sites excluding steroid dienone is 6. The van der Waals surface area contributed by atoms with Crippen molar-refractivity contribution >= 4 is 50.1 Å². The van der Waals surface area contributed by atoms with Crippen LogP contribution in [0.2, 0.25) is 0 Å². The second-order valence-corrected chi connectivity index (χ2v) is 12.2. The summed E-state index contributed by atoms with van der Waals surface area (Å²) in [6.45, 7) is 17.3. The molecule has 0 fully saturated rings. The molecule has 0 aliphatic carbocycles. The van der Waals surface area contributed by atoms with E-state index in [0.29, 0.717) is 12.8 Å². The van der Waals surface area contributed by atoms with E-state index < -0.39 is 0 Å². The number of aliphatic imine (C=N–C) groups is 3. The van der Waals surface area contributed by atoms with Crippen LogP contribution in [0.3, 0.4) is 0 Å². The molecule has 0 aromatic carbocycles. The van der Waals surface area contributed by atoms with Gasteiger partial charge >= 0.3 is 5.97 Å². The first-order valence-corrected chi connectivity index (χ1v) is 14.9. The van der Waals surface area contributed by atoms with Gasteiger partial charge in [0.25, 0.3) is 0 Å². The SMILES string of the molecule is CCC1=C(C)C(Br)=N/C1=C\C1=NC(=C\c2[nH]c(/C=C3\N=C(C)CC3(C)C)c(CC)c2C)/C(CCC(=O)OC)=C1C. The van der Waals surface area contributed by atoms with Gasteiger partial charge in [-0.05, 0) is 121 Å². The molecule has 4 heterocycles. The van der Waals surface area contributed by atoms with Gasteiger partial charge in [-0.25, -0.2) is 9.98 Å². The molecule has 0 amide bonds. The summed E-state index contributed by atoms with van der Waals surface area (Å²) < 4.78 is 5.82. The van der Waals surface area contributed by atoms with E-state index in [0.717, 1.165) is 74.8 Å². The first-order chi connectivity index (χ1) is 18.9. The monoisotopic (exact) mass is 604 g/mol. The number of nitrogens with one attached hydrogen (secondary N) is 1. The van der Waals surface area contributed by atoms with Gasteiger partial charge in [-0.1, -0.05) is 27.7 Å². The van der Waals surface area contributed by atoms with E-state index in [-0.39, 0.29) is 11.4 Å². The number of hydrogen-bond acceptors (Lipinski definition) is 5. The Kier molecular flexibility index (Phi) is 8.83. The van der Waals surface area contributed by atoms with Crippen LogP contribution in [0.25, 0.3) is 12.2 Å².